The average Bonchev–Trinajstić information content (AvgIpc) is 2.12. The van der Waals surface area contributed by atoms with Gasteiger partial charge in [-0.25, -0.2) is 0 Å². The monoisotopic (exact) mass is 169 g/mol. The molecule has 0 aliphatic rings. The van der Waals surface area contributed by atoms with Crippen LogP contribution in [0.25, 0.3) is 0 Å². The van der Waals surface area contributed by atoms with Gasteiger partial charge in [-0.1, -0.05) is 5.16 Å². The van der Waals surface area contributed by atoms with E-state index in [1.54, 1.807) is 0 Å². The fourth-order valence-corrected chi connectivity index (χ4v) is 0.808. The van der Waals surface area contributed by atoms with Gasteiger partial charge in [0.1, 0.15) is 0 Å². The summed E-state index contributed by atoms with van der Waals surface area (Å²) in [6.45, 7) is 0. The van der Waals surface area contributed by atoms with Crippen LogP contribution in [0.15, 0.2) is 21.9 Å². The Morgan fingerprint density at radius 1 is 1.50 bits per heavy atom. The van der Waals surface area contributed by atoms with Crippen LogP contribution >= 0.6 is 11.8 Å². The maximum absolute atomic E-state index is 11.5. The molecular weight excluding hydrogens is 167 g/mol. The molecular formula is C4H2F3NOS. The number of aromatic nitrogens is 1. The van der Waals surface area contributed by atoms with Gasteiger partial charge in [0.05, 0.1) is 6.20 Å². The number of thioether (sulfide) groups is 1. The number of hydrogen-bond acceptors (Lipinski definition) is 3. The molecule has 1 aromatic heterocycles. The predicted octanol–water partition coefficient (Wildman–Crippen LogP) is 2.29. The summed E-state index contributed by atoms with van der Waals surface area (Å²) in [5.74, 6) is 0. The second-order valence-electron chi connectivity index (χ2n) is 1.38. The average molecular weight is 169 g/mol. The normalized spacial score (nSPS) is 11.9. The summed E-state index contributed by atoms with van der Waals surface area (Å²) in [5.41, 5.74) is -4.29. The van der Waals surface area contributed by atoms with Crippen molar-refractivity contribution in [3.05, 3.63) is 12.3 Å². The summed E-state index contributed by atoms with van der Waals surface area (Å²) in [5, 5.41) is 2.87. The second-order valence-corrected chi connectivity index (χ2v) is 2.45. The quantitative estimate of drug-likeness (QED) is 0.603. The van der Waals surface area contributed by atoms with Crippen molar-refractivity contribution in [1.82, 2.24) is 5.16 Å². The van der Waals surface area contributed by atoms with Crippen LogP contribution in [0.3, 0.4) is 0 Å². The third-order valence-electron chi connectivity index (χ3n) is 0.630. The fraction of sp³-hybridized carbons (Fsp3) is 0.250. The second kappa shape index (κ2) is 2.53. The van der Waals surface area contributed by atoms with Crippen LogP contribution in [0, 0.1) is 0 Å². The van der Waals surface area contributed by atoms with E-state index in [2.05, 4.69) is 9.68 Å². The zero-order chi connectivity index (χ0) is 7.61. The Kier molecular flexibility index (Phi) is 1.89. The summed E-state index contributed by atoms with van der Waals surface area (Å²) in [7, 11) is 0. The molecule has 0 saturated heterocycles. The summed E-state index contributed by atoms with van der Waals surface area (Å²) < 4.78 is 38.7. The van der Waals surface area contributed by atoms with Crippen LogP contribution in [0.5, 0.6) is 0 Å². The van der Waals surface area contributed by atoms with Crippen molar-refractivity contribution >= 4 is 11.8 Å². The fourth-order valence-electron chi connectivity index (χ4n) is 0.371. The highest BCUT2D eigenvalue weighted by molar-refractivity contribution is 8.00. The van der Waals surface area contributed by atoms with E-state index in [9.17, 15) is 13.2 Å². The topological polar surface area (TPSA) is 26.0 Å². The molecule has 0 N–H and O–H groups in total. The lowest BCUT2D eigenvalue weighted by Gasteiger charge is -1.99. The highest BCUT2D eigenvalue weighted by atomic mass is 32.2. The lowest BCUT2D eigenvalue weighted by atomic mass is 10.8. The van der Waals surface area contributed by atoms with E-state index in [4.69, 9.17) is 0 Å². The van der Waals surface area contributed by atoms with Gasteiger partial charge in [0.15, 0.2) is 0 Å². The lowest BCUT2D eigenvalue weighted by Crippen LogP contribution is -1.97. The van der Waals surface area contributed by atoms with Crippen molar-refractivity contribution in [3.8, 4) is 0 Å². The molecule has 0 radical (unpaired) electrons. The molecule has 0 aliphatic heterocycles. The van der Waals surface area contributed by atoms with E-state index in [0.717, 1.165) is 12.3 Å². The molecule has 1 rings (SSSR count). The molecule has 56 valence electrons. The first kappa shape index (κ1) is 7.46. The number of rotatable bonds is 1. The van der Waals surface area contributed by atoms with Gasteiger partial charge < -0.3 is 4.52 Å². The van der Waals surface area contributed by atoms with Gasteiger partial charge in [0.25, 0.3) is 0 Å². The number of halogens is 3. The lowest BCUT2D eigenvalue weighted by molar-refractivity contribution is -0.0336. The Bertz CT molecular complexity index is 195. The van der Waals surface area contributed by atoms with E-state index in [-0.39, 0.29) is 16.9 Å². The standard InChI is InChI=1S/C4H2F3NOS/c5-4(6,7)10-3-1-2-8-9-3/h1-2H. The highest BCUT2D eigenvalue weighted by Gasteiger charge is 2.31. The molecule has 0 aliphatic carbocycles. The molecule has 1 heterocycles. The van der Waals surface area contributed by atoms with Crippen LogP contribution in [-0.2, 0) is 0 Å². The number of alkyl halides is 3. The van der Waals surface area contributed by atoms with Crippen molar-refractivity contribution in [2.24, 2.45) is 0 Å². The van der Waals surface area contributed by atoms with E-state index in [1.165, 1.54) is 0 Å². The van der Waals surface area contributed by atoms with E-state index < -0.39 is 5.51 Å². The van der Waals surface area contributed by atoms with Crippen LogP contribution in [0.2, 0.25) is 0 Å². The molecule has 0 bridgehead atoms. The zero-order valence-corrected chi connectivity index (χ0v) is 5.37. The first-order chi connectivity index (χ1) is 4.58. The van der Waals surface area contributed by atoms with Gasteiger partial charge in [-0.3, -0.25) is 0 Å². The van der Waals surface area contributed by atoms with Gasteiger partial charge in [0.2, 0.25) is 5.09 Å². The molecule has 0 atom stereocenters. The first-order valence-corrected chi connectivity index (χ1v) is 3.06. The molecule has 6 heteroatoms. The third kappa shape index (κ3) is 2.30. The molecule has 0 saturated carbocycles. The Labute approximate surface area is 58.4 Å². The minimum Gasteiger partial charge on any atom is -0.350 e. The van der Waals surface area contributed by atoms with Crippen molar-refractivity contribution in [1.29, 1.82) is 0 Å². The molecule has 1 aromatic rings. The molecule has 2 nitrogen and oxygen atoms in total. The highest BCUT2D eigenvalue weighted by Crippen LogP contribution is 2.36. The maximum Gasteiger partial charge on any atom is 0.449 e. The molecule has 0 spiro atoms. The summed E-state index contributed by atoms with van der Waals surface area (Å²) >= 11 is -0.322. The smallest absolute Gasteiger partial charge is 0.350 e. The van der Waals surface area contributed by atoms with E-state index in [0.29, 0.717) is 0 Å². The molecule has 0 amide bonds. The predicted molar refractivity (Wildman–Crippen MR) is 28.4 cm³/mol. The molecule has 0 aromatic carbocycles. The minimum atomic E-state index is -4.29. The number of nitrogens with zero attached hydrogens (tertiary/aromatic N) is 1. The van der Waals surface area contributed by atoms with Gasteiger partial charge in [0, 0.05) is 17.8 Å². The molecule has 0 fully saturated rings. The first-order valence-electron chi connectivity index (χ1n) is 2.24. The Hall–Kier alpha value is -0.650. The summed E-state index contributed by atoms with van der Waals surface area (Å²) in [4.78, 5) is 0. The van der Waals surface area contributed by atoms with Gasteiger partial charge in [-0.2, -0.15) is 13.2 Å². The largest absolute Gasteiger partial charge is 0.449 e. The molecule has 0 unspecified atom stereocenters. The number of hydrogen-bond donors (Lipinski definition) is 0. The Morgan fingerprint density at radius 2 is 2.20 bits per heavy atom. The van der Waals surface area contributed by atoms with Crippen molar-refractivity contribution in [2.75, 3.05) is 0 Å². The van der Waals surface area contributed by atoms with Crippen molar-refractivity contribution in [2.45, 2.75) is 10.6 Å². The van der Waals surface area contributed by atoms with Gasteiger partial charge in [-0.15, -0.1) is 0 Å². The van der Waals surface area contributed by atoms with Crippen LogP contribution in [-0.4, -0.2) is 10.7 Å². The van der Waals surface area contributed by atoms with E-state index >= 15 is 0 Å². The summed E-state index contributed by atoms with van der Waals surface area (Å²) in [6.07, 6.45) is 1.16. The van der Waals surface area contributed by atoms with Crippen LogP contribution in [0.1, 0.15) is 0 Å². The van der Waals surface area contributed by atoms with Crippen LogP contribution in [0.4, 0.5) is 13.2 Å². The third-order valence-corrected chi connectivity index (χ3v) is 1.27. The van der Waals surface area contributed by atoms with Gasteiger partial charge in [-0.05, 0) is 0 Å². The Balaban J connectivity index is 2.57. The van der Waals surface area contributed by atoms with E-state index in [1.807, 2.05) is 0 Å². The zero-order valence-electron chi connectivity index (χ0n) is 4.55. The Morgan fingerprint density at radius 3 is 2.60 bits per heavy atom. The SMILES string of the molecule is FC(F)(F)Sc1ccno1. The minimum absolute atomic E-state index is 0.243. The van der Waals surface area contributed by atoms with Crippen LogP contribution < -0.4 is 0 Å². The van der Waals surface area contributed by atoms with Crippen molar-refractivity contribution < 1.29 is 17.7 Å². The maximum atomic E-state index is 11.5. The summed E-state index contributed by atoms with van der Waals surface area (Å²) in [6, 6.07) is 1.15. The van der Waals surface area contributed by atoms with Crippen molar-refractivity contribution in [3.63, 3.8) is 0 Å². The van der Waals surface area contributed by atoms with Gasteiger partial charge >= 0.3 is 5.51 Å². The molecule has 10 heavy (non-hydrogen) atoms.